The minimum atomic E-state index is -0.289. The van der Waals surface area contributed by atoms with Crippen molar-refractivity contribution >= 4 is 34.7 Å². The number of aryl methyl sites for hydroxylation is 1. The zero-order chi connectivity index (χ0) is 18.7. The Labute approximate surface area is 166 Å². The zero-order valence-electron chi connectivity index (χ0n) is 15.0. The second-order valence-electron chi connectivity index (χ2n) is 6.31. The van der Waals surface area contributed by atoms with Gasteiger partial charge in [0.2, 0.25) is 0 Å². The van der Waals surface area contributed by atoms with Gasteiger partial charge < -0.3 is 0 Å². The van der Waals surface area contributed by atoms with E-state index in [9.17, 15) is 4.39 Å². The van der Waals surface area contributed by atoms with Crippen LogP contribution in [0.1, 0.15) is 43.7 Å². The van der Waals surface area contributed by atoms with Crippen LogP contribution in [0, 0.1) is 5.82 Å². The van der Waals surface area contributed by atoms with Gasteiger partial charge in [-0.3, -0.25) is 4.57 Å². The Morgan fingerprint density at radius 3 is 2.81 bits per heavy atom. The fraction of sp³-hybridized carbons (Fsp3) is 0.368. The summed E-state index contributed by atoms with van der Waals surface area (Å²) in [6.07, 6.45) is 2.20. The van der Waals surface area contributed by atoms with E-state index in [2.05, 4.69) is 47.0 Å². The van der Waals surface area contributed by atoms with E-state index in [0.29, 0.717) is 16.3 Å². The van der Waals surface area contributed by atoms with E-state index in [1.165, 1.54) is 22.7 Å². The van der Waals surface area contributed by atoms with E-state index in [0.717, 1.165) is 29.4 Å². The summed E-state index contributed by atoms with van der Waals surface area (Å²) in [5, 5.41) is 12.1. The van der Waals surface area contributed by atoms with E-state index in [1.54, 1.807) is 23.5 Å². The van der Waals surface area contributed by atoms with E-state index in [4.69, 9.17) is 11.6 Å². The first-order valence-electron chi connectivity index (χ1n) is 8.59. The molecular weight excluding hydrogens is 389 g/mol. The largest absolute Gasteiger partial charge is 0.299 e. The highest BCUT2D eigenvalue weighted by Crippen LogP contribution is 2.33. The van der Waals surface area contributed by atoms with Gasteiger partial charge >= 0.3 is 0 Å². The first-order chi connectivity index (χ1) is 12.5. The van der Waals surface area contributed by atoms with Crippen LogP contribution in [0.4, 0.5) is 4.39 Å². The molecule has 2 heterocycles. The first-order valence-corrected chi connectivity index (χ1v) is 10.8. The standard InChI is InChI=1S/C19H21ClFN3S2/c1-4-6-14-9-13(10-25-14)18-22-23-19(24(18)12(2)3)26-11-15-16(20)7-5-8-17(15)21/h5,7-10,12H,4,6,11H2,1-3H3. The number of nitrogens with zero attached hydrogens (tertiary/aromatic N) is 3. The normalized spacial score (nSPS) is 11.5. The Balaban J connectivity index is 1.87. The third-order valence-corrected chi connectivity index (χ3v) is 6.32. The molecule has 138 valence electrons. The van der Waals surface area contributed by atoms with Crippen molar-refractivity contribution in [3.05, 3.63) is 50.9 Å². The predicted molar refractivity (Wildman–Crippen MR) is 109 cm³/mol. The molecule has 3 nitrogen and oxygen atoms in total. The smallest absolute Gasteiger partial charge is 0.192 e. The molecule has 0 N–H and O–H groups in total. The minimum Gasteiger partial charge on any atom is -0.299 e. The fourth-order valence-electron chi connectivity index (χ4n) is 2.72. The highest BCUT2D eigenvalue weighted by Gasteiger charge is 2.19. The lowest BCUT2D eigenvalue weighted by molar-refractivity contribution is 0.555. The van der Waals surface area contributed by atoms with Gasteiger partial charge in [0.1, 0.15) is 5.82 Å². The van der Waals surface area contributed by atoms with Crippen LogP contribution in [0.2, 0.25) is 5.02 Å². The number of hydrogen-bond acceptors (Lipinski definition) is 4. The number of rotatable bonds is 7. The van der Waals surface area contributed by atoms with Crippen LogP contribution in [0.3, 0.4) is 0 Å². The van der Waals surface area contributed by atoms with Gasteiger partial charge in [0.05, 0.1) is 0 Å². The second-order valence-corrected chi connectivity index (χ2v) is 8.66. The molecule has 0 aliphatic carbocycles. The lowest BCUT2D eigenvalue weighted by Gasteiger charge is -2.13. The lowest BCUT2D eigenvalue weighted by Crippen LogP contribution is -2.05. The number of hydrogen-bond donors (Lipinski definition) is 0. The van der Waals surface area contributed by atoms with Gasteiger partial charge in [-0.2, -0.15) is 0 Å². The molecule has 0 atom stereocenters. The molecule has 0 spiro atoms. The Morgan fingerprint density at radius 2 is 2.12 bits per heavy atom. The average molecular weight is 410 g/mol. The van der Waals surface area contributed by atoms with Gasteiger partial charge in [0, 0.05) is 38.2 Å². The highest BCUT2D eigenvalue weighted by molar-refractivity contribution is 7.98. The third kappa shape index (κ3) is 4.13. The van der Waals surface area contributed by atoms with Crippen molar-refractivity contribution in [3.63, 3.8) is 0 Å². The number of benzene rings is 1. The molecule has 3 aromatic rings. The molecule has 2 aromatic heterocycles. The molecule has 26 heavy (non-hydrogen) atoms. The highest BCUT2D eigenvalue weighted by atomic mass is 35.5. The fourth-order valence-corrected chi connectivity index (χ4v) is 5.10. The molecule has 0 saturated carbocycles. The molecule has 0 radical (unpaired) electrons. The number of thioether (sulfide) groups is 1. The van der Waals surface area contributed by atoms with Crippen molar-refractivity contribution in [2.24, 2.45) is 0 Å². The summed E-state index contributed by atoms with van der Waals surface area (Å²) in [5.41, 5.74) is 1.59. The van der Waals surface area contributed by atoms with E-state index in [-0.39, 0.29) is 11.9 Å². The molecule has 0 unspecified atom stereocenters. The van der Waals surface area contributed by atoms with E-state index in [1.807, 2.05) is 0 Å². The number of aromatic nitrogens is 3. The van der Waals surface area contributed by atoms with Crippen LogP contribution in [0.5, 0.6) is 0 Å². The maximum atomic E-state index is 14.0. The average Bonchev–Trinajstić information content (AvgIpc) is 3.21. The molecule has 0 fully saturated rings. The van der Waals surface area contributed by atoms with Gasteiger partial charge in [-0.1, -0.05) is 42.8 Å². The van der Waals surface area contributed by atoms with E-state index >= 15 is 0 Å². The molecule has 7 heteroatoms. The maximum absolute atomic E-state index is 14.0. The molecule has 0 bridgehead atoms. The summed E-state index contributed by atoms with van der Waals surface area (Å²) in [6, 6.07) is 7.15. The summed E-state index contributed by atoms with van der Waals surface area (Å²) in [5.74, 6) is 0.991. The molecule has 0 amide bonds. The Bertz CT molecular complexity index is 869. The van der Waals surface area contributed by atoms with Crippen molar-refractivity contribution < 1.29 is 4.39 Å². The Kier molecular flexibility index (Phi) is 6.37. The van der Waals surface area contributed by atoms with Crippen molar-refractivity contribution in [1.82, 2.24) is 14.8 Å². The van der Waals surface area contributed by atoms with Gasteiger partial charge in [0.15, 0.2) is 11.0 Å². The third-order valence-electron chi connectivity index (χ3n) is 4.00. The molecule has 0 saturated heterocycles. The van der Waals surface area contributed by atoms with Crippen molar-refractivity contribution in [3.8, 4) is 11.4 Å². The topological polar surface area (TPSA) is 30.7 Å². The summed E-state index contributed by atoms with van der Waals surface area (Å²) in [7, 11) is 0. The van der Waals surface area contributed by atoms with Gasteiger partial charge in [-0.15, -0.1) is 21.5 Å². The summed E-state index contributed by atoms with van der Waals surface area (Å²) in [4.78, 5) is 1.35. The van der Waals surface area contributed by atoms with Crippen LogP contribution < -0.4 is 0 Å². The SMILES string of the molecule is CCCc1cc(-c2nnc(SCc3c(F)cccc3Cl)n2C(C)C)cs1. The van der Waals surface area contributed by atoms with Gasteiger partial charge in [-0.05, 0) is 38.5 Å². The molecule has 3 rings (SSSR count). The van der Waals surface area contributed by atoms with E-state index < -0.39 is 0 Å². The van der Waals surface area contributed by atoms with Crippen molar-refractivity contribution in [2.75, 3.05) is 0 Å². The number of halogens is 2. The van der Waals surface area contributed by atoms with Gasteiger partial charge in [0.25, 0.3) is 0 Å². The van der Waals surface area contributed by atoms with Crippen LogP contribution in [0.25, 0.3) is 11.4 Å². The molecule has 0 aliphatic heterocycles. The van der Waals surface area contributed by atoms with Gasteiger partial charge in [-0.25, -0.2) is 4.39 Å². The number of thiophene rings is 1. The molecule has 0 aliphatic rings. The van der Waals surface area contributed by atoms with Crippen LogP contribution in [-0.2, 0) is 12.2 Å². The molecular formula is C19H21ClFN3S2. The summed E-state index contributed by atoms with van der Waals surface area (Å²) < 4.78 is 16.1. The van der Waals surface area contributed by atoms with Crippen LogP contribution in [-0.4, -0.2) is 14.8 Å². The second kappa shape index (κ2) is 8.55. The first kappa shape index (κ1) is 19.4. The molecule has 1 aromatic carbocycles. The quantitative estimate of drug-likeness (QED) is 0.410. The van der Waals surface area contributed by atoms with Crippen LogP contribution in [0.15, 0.2) is 34.8 Å². The summed E-state index contributed by atoms with van der Waals surface area (Å²) in [6.45, 7) is 6.39. The minimum absolute atomic E-state index is 0.202. The summed E-state index contributed by atoms with van der Waals surface area (Å²) >= 11 is 9.35. The Morgan fingerprint density at radius 1 is 1.31 bits per heavy atom. The zero-order valence-corrected chi connectivity index (χ0v) is 17.4. The maximum Gasteiger partial charge on any atom is 0.192 e. The van der Waals surface area contributed by atoms with Crippen molar-refractivity contribution in [2.45, 2.75) is 50.6 Å². The van der Waals surface area contributed by atoms with Crippen LogP contribution >= 0.6 is 34.7 Å². The van der Waals surface area contributed by atoms with Crippen molar-refractivity contribution in [1.29, 1.82) is 0 Å². The lowest BCUT2D eigenvalue weighted by atomic mass is 10.2. The predicted octanol–water partition coefficient (Wildman–Crippen LogP) is 6.62. The Hall–Kier alpha value is -1.37. The monoisotopic (exact) mass is 409 g/mol.